The fourth-order valence-corrected chi connectivity index (χ4v) is 5.11. The molecule has 1 N–H and O–H groups in total. The lowest BCUT2D eigenvalue weighted by molar-refractivity contribution is -0.122. The first kappa shape index (κ1) is 22.1. The van der Waals surface area contributed by atoms with Gasteiger partial charge >= 0.3 is 0 Å². The van der Waals surface area contributed by atoms with Gasteiger partial charge < -0.3 is 24.3 Å². The van der Waals surface area contributed by atoms with Crippen LogP contribution in [0.15, 0.2) is 41.3 Å². The fourth-order valence-electron chi connectivity index (χ4n) is 3.80. The molecule has 2 aromatic rings. The Morgan fingerprint density at radius 1 is 0.970 bits per heavy atom. The average Bonchev–Trinajstić information content (AvgIpc) is 3.40. The van der Waals surface area contributed by atoms with Crippen molar-refractivity contribution in [2.45, 2.75) is 19.4 Å². The zero-order valence-electron chi connectivity index (χ0n) is 18.0. The number of hydrogen-bond acceptors (Lipinski definition) is 8. The van der Waals surface area contributed by atoms with E-state index in [0.29, 0.717) is 34.7 Å². The van der Waals surface area contributed by atoms with E-state index in [1.54, 1.807) is 4.90 Å². The third kappa shape index (κ3) is 5.10. The molecule has 0 radical (unpaired) electrons. The molecule has 0 atom stereocenters. The number of nitrogens with one attached hydrogen (secondary N) is 1. The number of unbranched alkanes of at least 4 members (excludes halogenated alkanes) is 1. The molecule has 3 heterocycles. The van der Waals surface area contributed by atoms with Crippen molar-refractivity contribution in [1.82, 2.24) is 10.2 Å². The molecule has 3 aliphatic rings. The molecular weight excluding hydrogens is 460 g/mol. The van der Waals surface area contributed by atoms with Gasteiger partial charge in [0.1, 0.15) is 17.5 Å². The smallest absolute Gasteiger partial charge is 0.266 e. The minimum absolute atomic E-state index is 0.0341. The van der Waals surface area contributed by atoms with Crippen LogP contribution in [0.3, 0.4) is 0 Å². The number of ether oxygens (including phenoxy) is 4. The number of rotatable bonds is 8. The van der Waals surface area contributed by atoms with Gasteiger partial charge in [0.25, 0.3) is 5.91 Å². The van der Waals surface area contributed by atoms with Gasteiger partial charge in [-0.3, -0.25) is 9.69 Å². The number of fused-ring (bicyclic) bond motifs is 2. The van der Waals surface area contributed by atoms with Gasteiger partial charge in [-0.25, -0.2) is 0 Å². The Morgan fingerprint density at radius 3 is 2.64 bits per heavy atom. The topological polar surface area (TPSA) is 69.3 Å². The fraction of sp³-hybridized carbons (Fsp3) is 0.333. The molecule has 9 heteroatoms. The SMILES string of the molecule is O=C1/C(=C/c2ccc3c(c2)OCCO3)SC(=S)N1CCCCNCc1ccc2c(c1)OCO2. The molecule has 7 nitrogen and oxygen atoms in total. The Kier molecular flexibility index (Phi) is 6.70. The van der Waals surface area contributed by atoms with Gasteiger partial charge in [-0.2, -0.15) is 0 Å². The summed E-state index contributed by atoms with van der Waals surface area (Å²) >= 11 is 6.81. The van der Waals surface area contributed by atoms with Crippen LogP contribution in [-0.4, -0.2) is 48.2 Å². The summed E-state index contributed by atoms with van der Waals surface area (Å²) in [6, 6.07) is 11.7. The van der Waals surface area contributed by atoms with E-state index in [-0.39, 0.29) is 12.7 Å². The van der Waals surface area contributed by atoms with E-state index in [1.165, 1.54) is 11.8 Å². The average molecular weight is 485 g/mol. The first-order chi connectivity index (χ1) is 16.2. The van der Waals surface area contributed by atoms with Crippen LogP contribution in [0.2, 0.25) is 0 Å². The molecule has 5 rings (SSSR count). The number of nitrogens with zero attached hydrogens (tertiary/aromatic N) is 1. The Balaban J connectivity index is 1.08. The lowest BCUT2D eigenvalue weighted by Gasteiger charge is -2.18. The van der Waals surface area contributed by atoms with E-state index in [2.05, 4.69) is 5.32 Å². The van der Waals surface area contributed by atoms with Crippen molar-refractivity contribution in [2.24, 2.45) is 0 Å². The van der Waals surface area contributed by atoms with Crippen molar-refractivity contribution >= 4 is 40.3 Å². The van der Waals surface area contributed by atoms with Crippen molar-refractivity contribution < 1.29 is 23.7 Å². The summed E-state index contributed by atoms with van der Waals surface area (Å²) in [6.07, 6.45) is 3.69. The highest BCUT2D eigenvalue weighted by Crippen LogP contribution is 2.36. The number of hydrogen-bond donors (Lipinski definition) is 1. The maximum Gasteiger partial charge on any atom is 0.266 e. The third-order valence-corrected chi connectivity index (χ3v) is 6.87. The first-order valence-corrected chi connectivity index (χ1v) is 12.1. The van der Waals surface area contributed by atoms with Gasteiger partial charge in [0.05, 0.1) is 4.91 Å². The van der Waals surface area contributed by atoms with E-state index >= 15 is 0 Å². The molecule has 0 saturated carbocycles. The van der Waals surface area contributed by atoms with Crippen LogP contribution < -0.4 is 24.3 Å². The summed E-state index contributed by atoms with van der Waals surface area (Å²) in [5.41, 5.74) is 2.05. The van der Waals surface area contributed by atoms with E-state index < -0.39 is 0 Å². The normalized spacial score (nSPS) is 17.8. The van der Waals surface area contributed by atoms with Crippen LogP contribution >= 0.6 is 24.0 Å². The van der Waals surface area contributed by atoms with Crippen molar-refractivity contribution in [3.05, 3.63) is 52.4 Å². The number of carbonyl (C=O) groups excluding carboxylic acids is 1. The van der Waals surface area contributed by atoms with Crippen LogP contribution in [0, 0.1) is 0 Å². The second-order valence-electron chi connectivity index (χ2n) is 7.81. The summed E-state index contributed by atoms with van der Waals surface area (Å²) in [7, 11) is 0. The molecule has 33 heavy (non-hydrogen) atoms. The highest BCUT2D eigenvalue weighted by molar-refractivity contribution is 8.26. The molecule has 1 fully saturated rings. The van der Waals surface area contributed by atoms with E-state index in [0.717, 1.165) is 54.3 Å². The molecule has 2 aromatic carbocycles. The summed E-state index contributed by atoms with van der Waals surface area (Å²) in [5.74, 6) is 3.00. The zero-order valence-corrected chi connectivity index (χ0v) is 19.6. The molecule has 172 valence electrons. The lowest BCUT2D eigenvalue weighted by Crippen LogP contribution is -2.29. The van der Waals surface area contributed by atoms with Crippen LogP contribution in [-0.2, 0) is 11.3 Å². The van der Waals surface area contributed by atoms with Crippen molar-refractivity contribution in [3.63, 3.8) is 0 Å². The zero-order chi connectivity index (χ0) is 22.6. The highest BCUT2D eigenvalue weighted by atomic mass is 32.2. The predicted octanol–water partition coefficient (Wildman–Crippen LogP) is 3.96. The van der Waals surface area contributed by atoms with Crippen molar-refractivity contribution in [1.29, 1.82) is 0 Å². The monoisotopic (exact) mass is 484 g/mol. The minimum Gasteiger partial charge on any atom is -0.486 e. The standard InChI is InChI=1S/C24H24N2O5S2/c27-23-22(13-16-3-5-18-20(11-16)29-10-9-28-18)33-24(32)26(23)8-2-1-7-25-14-17-4-6-19-21(12-17)31-15-30-19/h3-6,11-13,25H,1-2,7-10,14-15H2/b22-13-. The van der Waals surface area contributed by atoms with Gasteiger partial charge in [-0.15, -0.1) is 0 Å². The lowest BCUT2D eigenvalue weighted by atomic mass is 10.1. The Labute approximate surface area is 202 Å². The van der Waals surface area contributed by atoms with Crippen molar-refractivity contribution in [2.75, 3.05) is 33.1 Å². The maximum atomic E-state index is 12.9. The van der Waals surface area contributed by atoms with E-state index in [1.807, 2.05) is 42.5 Å². The largest absolute Gasteiger partial charge is 0.486 e. The Hall–Kier alpha value is -2.75. The summed E-state index contributed by atoms with van der Waals surface area (Å²) in [6.45, 7) is 3.61. The highest BCUT2D eigenvalue weighted by Gasteiger charge is 2.31. The number of carbonyl (C=O) groups is 1. The quantitative estimate of drug-likeness (QED) is 0.343. The number of amides is 1. The molecular formula is C24H24N2O5S2. The molecule has 3 aliphatic heterocycles. The van der Waals surface area contributed by atoms with Gasteiger partial charge in [0, 0.05) is 13.1 Å². The second-order valence-corrected chi connectivity index (χ2v) is 9.48. The maximum absolute atomic E-state index is 12.9. The molecule has 0 aliphatic carbocycles. The van der Waals surface area contributed by atoms with Gasteiger partial charge in [0.15, 0.2) is 23.0 Å². The number of thioether (sulfide) groups is 1. The molecule has 0 spiro atoms. The van der Waals surface area contributed by atoms with E-state index in [9.17, 15) is 4.79 Å². The summed E-state index contributed by atoms with van der Waals surface area (Å²) in [4.78, 5) is 15.2. The molecule has 0 aromatic heterocycles. The first-order valence-electron chi connectivity index (χ1n) is 10.9. The van der Waals surface area contributed by atoms with Gasteiger partial charge in [0.2, 0.25) is 6.79 Å². The van der Waals surface area contributed by atoms with Crippen LogP contribution in [0.4, 0.5) is 0 Å². The van der Waals surface area contributed by atoms with Gasteiger partial charge in [-0.05, 0) is 60.9 Å². The Bertz CT molecular complexity index is 1100. The van der Waals surface area contributed by atoms with Gasteiger partial charge in [-0.1, -0.05) is 36.1 Å². The van der Waals surface area contributed by atoms with Crippen LogP contribution in [0.5, 0.6) is 23.0 Å². The predicted molar refractivity (Wildman–Crippen MR) is 131 cm³/mol. The van der Waals surface area contributed by atoms with Crippen LogP contribution in [0.25, 0.3) is 6.08 Å². The van der Waals surface area contributed by atoms with Crippen LogP contribution in [0.1, 0.15) is 24.0 Å². The summed E-state index contributed by atoms with van der Waals surface area (Å²) in [5, 5.41) is 3.44. The summed E-state index contributed by atoms with van der Waals surface area (Å²) < 4.78 is 22.5. The third-order valence-electron chi connectivity index (χ3n) is 5.49. The number of benzene rings is 2. The van der Waals surface area contributed by atoms with Crippen molar-refractivity contribution in [3.8, 4) is 23.0 Å². The molecule has 1 saturated heterocycles. The van der Waals surface area contributed by atoms with E-state index in [4.69, 9.17) is 31.2 Å². The molecule has 1 amide bonds. The molecule has 0 bridgehead atoms. The Morgan fingerprint density at radius 2 is 1.73 bits per heavy atom. The molecule has 0 unspecified atom stereocenters. The minimum atomic E-state index is -0.0341. The number of thiocarbonyl (C=S) groups is 1. The second kappa shape index (κ2) is 10.0.